The SMILES string of the molecule is O=C(NCCc1cccnc1)c1ccc(Br)cc1. The molecule has 2 rings (SSSR count). The summed E-state index contributed by atoms with van der Waals surface area (Å²) in [7, 11) is 0. The van der Waals surface area contributed by atoms with Gasteiger partial charge in [-0.05, 0) is 42.3 Å². The van der Waals surface area contributed by atoms with E-state index in [9.17, 15) is 4.79 Å². The second kappa shape index (κ2) is 6.31. The molecule has 0 aliphatic heterocycles. The average molecular weight is 305 g/mol. The van der Waals surface area contributed by atoms with Crippen LogP contribution in [-0.4, -0.2) is 17.4 Å². The fraction of sp³-hybridized carbons (Fsp3) is 0.143. The standard InChI is InChI=1S/C14H13BrN2O/c15-13-5-3-12(4-6-13)14(18)17-9-7-11-2-1-8-16-10-11/h1-6,8,10H,7,9H2,(H,17,18). The Morgan fingerprint density at radius 1 is 1.22 bits per heavy atom. The van der Waals surface area contributed by atoms with Crippen molar-refractivity contribution >= 4 is 21.8 Å². The van der Waals surface area contributed by atoms with E-state index in [2.05, 4.69) is 26.2 Å². The van der Waals surface area contributed by atoms with E-state index in [0.717, 1.165) is 16.5 Å². The molecule has 1 aromatic heterocycles. The minimum Gasteiger partial charge on any atom is -0.352 e. The Balaban J connectivity index is 1.84. The molecule has 0 aliphatic rings. The van der Waals surface area contributed by atoms with Crippen LogP contribution in [-0.2, 0) is 6.42 Å². The molecular weight excluding hydrogens is 292 g/mol. The number of amides is 1. The quantitative estimate of drug-likeness (QED) is 0.944. The van der Waals surface area contributed by atoms with Gasteiger partial charge in [-0.2, -0.15) is 0 Å². The monoisotopic (exact) mass is 304 g/mol. The number of aromatic nitrogens is 1. The largest absolute Gasteiger partial charge is 0.352 e. The van der Waals surface area contributed by atoms with Gasteiger partial charge in [0.15, 0.2) is 0 Å². The van der Waals surface area contributed by atoms with Crippen LogP contribution in [0, 0.1) is 0 Å². The van der Waals surface area contributed by atoms with E-state index in [0.29, 0.717) is 12.1 Å². The number of nitrogens with one attached hydrogen (secondary N) is 1. The van der Waals surface area contributed by atoms with Crippen molar-refractivity contribution in [2.75, 3.05) is 6.54 Å². The second-order valence-corrected chi connectivity index (χ2v) is 4.79. The van der Waals surface area contributed by atoms with Crippen molar-refractivity contribution in [3.63, 3.8) is 0 Å². The first-order valence-corrected chi connectivity index (χ1v) is 6.47. The van der Waals surface area contributed by atoms with Gasteiger partial charge in [-0.15, -0.1) is 0 Å². The first-order valence-electron chi connectivity index (χ1n) is 5.68. The van der Waals surface area contributed by atoms with Crippen molar-refractivity contribution < 1.29 is 4.79 Å². The van der Waals surface area contributed by atoms with Gasteiger partial charge >= 0.3 is 0 Å². The number of rotatable bonds is 4. The summed E-state index contributed by atoms with van der Waals surface area (Å²) in [6.45, 7) is 0.612. The van der Waals surface area contributed by atoms with Gasteiger partial charge in [-0.1, -0.05) is 22.0 Å². The highest BCUT2D eigenvalue weighted by molar-refractivity contribution is 9.10. The molecule has 1 amide bonds. The molecule has 92 valence electrons. The topological polar surface area (TPSA) is 42.0 Å². The summed E-state index contributed by atoms with van der Waals surface area (Å²) in [4.78, 5) is 15.8. The van der Waals surface area contributed by atoms with Gasteiger partial charge in [0.05, 0.1) is 0 Å². The lowest BCUT2D eigenvalue weighted by Gasteiger charge is -2.05. The highest BCUT2D eigenvalue weighted by atomic mass is 79.9. The van der Waals surface area contributed by atoms with Crippen LogP contribution in [0.2, 0.25) is 0 Å². The van der Waals surface area contributed by atoms with E-state index in [1.807, 2.05) is 30.5 Å². The first kappa shape index (κ1) is 12.8. The summed E-state index contributed by atoms with van der Waals surface area (Å²) in [5.74, 6) is -0.0496. The van der Waals surface area contributed by atoms with Crippen LogP contribution in [0.3, 0.4) is 0 Å². The lowest BCUT2D eigenvalue weighted by Crippen LogP contribution is -2.25. The fourth-order valence-electron chi connectivity index (χ4n) is 1.57. The minimum atomic E-state index is -0.0496. The van der Waals surface area contributed by atoms with Crippen LogP contribution >= 0.6 is 15.9 Å². The molecule has 0 radical (unpaired) electrons. The van der Waals surface area contributed by atoms with Crippen molar-refractivity contribution in [3.05, 3.63) is 64.4 Å². The maximum absolute atomic E-state index is 11.8. The van der Waals surface area contributed by atoms with Gasteiger partial charge in [0, 0.05) is 29.0 Å². The second-order valence-electron chi connectivity index (χ2n) is 3.87. The predicted molar refractivity (Wildman–Crippen MR) is 74.4 cm³/mol. The molecule has 3 nitrogen and oxygen atoms in total. The Labute approximate surface area is 114 Å². The molecule has 18 heavy (non-hydrogen) atoms. The number of hydrogen-bond acceptors (Lipinski definition) is 2. The Kier molecular flexibility index (Phi) is 4.47. The highest BCUT2D eigenvalue weighted by Gasteiger charge is 2.04. The lowest BCUT2D eigenvalue weighted by molar-refractivity contribution is 0.0954. The molecule has 1 aromatic carbocycles. The molecule has 0 aliphatic carbocycles. The van der Waals surface area contributed by atoms with Crippen LogP contribution in [0.4, 0.5) is 0 Å². The van der Waals surface area contributed by atoms with Crippen molar-refractivity contribution in [2.24, 2.45) is 0 Å². The first-order chi connectivity index (χ1) is 8.75. The third-order valence-corrected chi connectivity index (χ3v) is 3.06. The number of nitrogens with zero attached hydrogens (tertiary/aromatic N) is 1. The van der Waals surface area contributed by atoms with Crippen LogP contribution in [0.1, 0.15) is 15.9 Å². The number of pyridine rings is 1. The highest BCUT2D eigenvalue weighted by Crippen LogP contribution is 2.10. The molecule has 0 saturated heterocycles. The molecule has 0 atom stereocenters. The number of carbonyl (C=O) groups is 1. The van der Waals surface area contributed by atoms with Crippen LogP contribution in [0.25, 0.3) is 0 Å². The lowest BCUT2D eigenvalue weighted by atomic mass is 10.2. The third-order valence-electron chi connectivity index (χ3n) is 2.53. The molecule has 0 spiro atoms. The molecule has 1 N–H and O–H groups in total. The molecule has 0 saturated carbocycles. The number of benzene rings is 1. The summed E-state index contributed by atoms with van der Waals surface area (Å²) in [5, 5.41) is 2.88. The zero-order valence-electron chi connectivity index (χ0n) is 9.77. The summed E-state index contributed by atoms with van der Waals surface area (Å²) in [6.07, 6.45) is 4.34. The molecular formula is C14H13BrN2O. The van der Waals surface area contributed by atoms with E-state index in [4.69, 9.17) is 0 Å². The Bertz CT molecular complexity index is 511. The third kappa shape index (κ3) is 3.67. The van der Waals surface area contributed by atoms with E-state index < -0.39 is 0 Å². The van der Waals surface area contributed by atoms with Gasteiger partial charge in [-0.25, -0.2) is 0 Å². The van der Waals surface area contributed by atoms with Gasteiger partial charge in [0.2, 0.25) is 0 Å². The average Bonchev–Trinajstić information content (AvgIpc) is 2.40. The summed E-state index contributed by atoms with van der Waals surface area (Å²) in [6, 6.07) is 11.2. The van der Waals surface area contributed by atoms with Crippen molar-refractivity contribution in [1.82, 2.24) is 10.3 Å². The van der Waals surface area contributed by atoms with Gasteiger partial charge < -0.3 is 5.32 Å². The van der Waals surface area contributed by atoms with Crippen LogP contribution in [0.15, 0.2) is 53.3 Å². The molecule has 2 aromatic rings. The van der Waals surface area contributed by atoms with Crippen LogP contribution in [0.5, 0.6) is 0 Å². The van der Waals surface area contributed by atoms with E-state index in [-0.39, 0.29) is 5.91 Å². The van der Waals surface area contributed by atoms with E-state index in [1.54, 1.807) is 18.3 Å². The Hall–Kier alpha value is -1.68. The summed E-state index contributed by atoms with van der Waals surface area (Å²) >= 11 is 3.34. The van der Waals surface area contributed by atoms with Gasteiger partial charge in [0.1, 0.15) is 0 Å². The predicted octanol–water partition coefficient (Wildman–Crippen LogP) is 2.82. The fourth-order valence-corrected chi connectivity index (χ4v) is 1.83. The van der Waals surface area contributed by atoms with Crippen LogP contribution < -0.4 is 5.32 Å². The smallest absolute Gasteiger partial charge is 0.251 e. The molecule has 1 heterocycles. The molecule has 0 fully saturated rings. The zero-order chi connectivity index (χ0) is 12.8. The van der Waals surface area contributed by atoms with Gasteiger partial charge in [0.25, 0.3) is 5.91 Å². The van der Waals surface area contributed by atoms with Crippen molar-refractivity contribution in [1.29, 1.82) is 0 Å². The molecule has 4 heteroatoms. The van der Waals surface area contributed by atoms with E-state index in [1.165, 1.54) is 0 Å². The number of hydrogen-bond donors (Lipinski definition) is 1. The van der Waals surface area contributed by atoms with Gasteiger partial charge in [-0.3, -0.25) is 9.78 Å². The summed E-state index contributed by atoms with van der Waals surface area (Å²) in [5.41, 5.74) is 1.79. The van der Waals surface area contributed by atoms with Crippen molar-refractivity contribution in [3.8, 4) is 0 Å². The van der Waals surface area contributed by atoms with Crippen molar-refractivity contribution in [2.45, 2.75) is 6.42 Å². The molecule has 0 unspecified atom stereocenters. The summed E-state index contributed by atoms with van der Waals surface area (Å²) < 4.78 is 0.967. The van der Waals surface area contributed by atoms with E-state index >= 15 is 0 Å². The number of halogens is 1. The number of carbonyl (C=O) groups excluding carboxylic acids is 1. The Morgan fingerprint density at radius 2 is 2.00 bits per heavy atom. The molecule has 0 bridgehead atoms. The maximum Gasteiger partial charge on any atom is 0.251 e. The minimum absolute atomic E-state index is 0.0496. The maximum atomic E-state index is 11.8. The zero-order valence-corrected chi connectivity index (χ0v) is 11.4. The Morgan fingerprint density at radius 3 is 2.67 bits per heavy atom. The normalized spacial score (nSPS) is 10.1.